The van der Waals surface area contributed by atoms with Gasteiger partial charge in [0, 0.05) is 19.0 Å². The van der Waals surface area contributed by atoms with Crippen molar-refractivity contribution in [2.75, 3.05) is 17.1 Å². The molecule has 3 aromatic carbocycles. The lowest BCUT2D eigenvalue weighted by Crippen LogP contribution is -2.54. The van der Waals surface area contributed by atoms with Gasteiger partial charge in [0.25, 0.3) is 0 Å². The van der Waals surface area contributed by atoms with Crippen LogP contribution in [0.15, 0.2) is 78.9 Å². The van der Waals surface area contributed by atoms with Crippen LogP contribution in [0.2, 0.25) is 5.02 Å². The molecular formula is C29H34ClN3O4S. The smallest absolute Gasteiger partial charge is 0.244 e. The molecule has 1 atom stereocenters. The number of benzene rings is 3. The Morgan fingerprint density at radius 1 is 0.895 bits per heavy atom. The van der Waals surface area contributed by atoms with E-state index in [1.165, 1.54) is 4.90 Å². The van der Waals surface area contributed by atoms with Crippen LogP contribution in [0.1, 0.15) is 30.5 Å². The van der Waals surface area contributed by atoms with Crippen LogP contribution in [0.3, 0.4) is 0 Å². The lowest BCUT2D eigenvalue weighted by atomic mass is 10.0. The number of aryl methyl sites for hydroxylation is 1. The van der Waals surface area contributed by atoms with Crippen LogP contribution < -0.4 is 9.62 Å². The van der Waals surface area contributed by atoms with Crippen LogP contribution in [0.5, 0.6) is 0 Å². The van der Waals surface area contributed by atoms with Gasteiger partial charge in [0.15, 0.2) is 0 Å². The number of hydrogen-bond donors (Lipinski definition) is 1. The summed E-state index contributed by atoms with van der Waals surface area (Å²) in [7, 11) is -3.87. The van der Waals surface area contributed by atoms with Gasteiger partial charge in [-0.1, -0.05) is 83.9 Å². The first-order valence-corrected chi connectivity index (χ1v) is 14.6. The summed E-state index contributed by atoms with van der Waals surface area (Å²) < 4.78 is 26.6. The normalized spacial score (nSPS) is 12.2. The molecule has 2 amide bonds. The summed E-state index contributed by atoms with van der Waals surface area (Å²) in [5, 5.41) is 3.13. The third-order valence-electron chi connectivity index (χ3n) is 5.98. The Morgan fingerprint density at radius 3 is 2.08 bits per heavy atom. The second-order valence-corrected chi connectivity index (χ2v) is 11.9. The van der Waals surface area contributed by atoms with Crippen molar-refractivity contribution < 1.29 is 18.0 Å². The number of nitrogens with zero attached hydrogens (tertiary/aromatic N) is 2. The van der Waals surface area contributed by atoms with Gasteiger partial charge in [0.1, 0.15) is 12.6 Å². The molecule has 3 aromatic rings. The zero-order valence-electron chi connectivity index (χ0n) is 22.1. The van der Waals surface area contributed by atoms with Gasteiger partial charge in [-0.05, 0) is 44.0 Å². The van der Waals surface area contributed by atoms with Crippen LogP contribution >= 0.6 is 11.6 Å². The summed E-state index contributed by atoms with van der Waals surface area (Å²) in [6.45, 7) is 5.30. The van der Waals surface area contributed by atoms with Crippen molar-refractivity contribution >= 4 is 39.1 Å². The van der Waals surface area contributed by atoms with Gasteiger partial charge in [-0.3, -0.25) is 13.9 Å². The first-order chi connectivity index (χ1) is 18.0. The highest BCUT2D eigenvalue weighted by Gasteiger charge is 2.33. The summed E-state index contributed by atoms with van der Waals surface area (Å²) >= 11 is 6.32. The molecule has 0 fully saturated rings. The Hall–Kier alpha value is -3.36. The van der Waals surface area contributed by atoms with Crippen LogP contribution in [-0.2, 0) is 32.6 Å². The lowest BCUT2D eigenvalue weighted by Gasteiger charge is -2.34. The molecule has 202 valence electrons. The molecule has 0 aromatic heterocycles. The second kappa shape index (κ2) is 12.9. The number of para-hydroxylation sites is 1. The SMILES string of the molecule is Cc1ccc(CN(C(=O)CN(c2ccccc2Cl)S(C)(=O)=O)C(Cc2ccccc2)C(=O)NC(C)C)cc1. The predicted octanol–water partition coefficient (Wildman–Crippen LogP) is 4.58. The number of carbonyl (C=O) groups excluding carboxylic acids is 2. The van der Waals surface area contributed by atoms with Crippen molar-refractivity contribution in [1.82, 2.24) is 10.2 Å². The number of nitrogens with one attached hydrogen (secondary N) is 1. The number of sulfonamides is 1. The van der Waals surface area contributed by atoms with Gasteiger partial charge in [0.05, 0.1) is 17.0 Å². The van der Waals surface area contributed by atoms with Gasteiger partial charge in [0.2, 0.25) is 21.8 Å². The van der Waals surface area contributed by atoms with Gasteiger partial charge >= 0.3 is 0 Å². The Labute approximate surface area is 230 Å². The van der Waals surface area contributed by atoms with Crippen molar-refractivity contribution in [2.45, 2.75) is 45.8 Å². The molecule has 0 aliphatic carbocycles. The van der Waals surface area contributed by atoms with E-state index in [2.05, 4.69) is 5.32 Å². The molecule has 1 N–H and O–H groups in total. The van der Waals surface area contributed by atoms with E-state index in [0.29, 0.717) is 0 Å². The fourth-order valence-electron chi connectivity index (χ4n) is 4.07. The molecule has 7 nitrogen and oxygen atoms in total. The van der Waals surface area contributed by atoms with Gasteiger partial charge in [-0.25, -0.2) is 8.42 Å². The number of rotatable bonds is 11. The van der Waals surface area contributed by atoms with E-state index in [-0.39, 0.29) is 35.6 Å². The largest absolute Gasteiger partial charge is 0.352 e. The number of amides is 2. The van der Waals surface area contributed by atoms with E-state index in [1.54, 1.807) is 24.3 Å². The van der Waals surface area contributed by atoms with Gasteiger partial charge in [-0.2, -0.15) is 0 Å². The Morgan fingerprint density at radius 2 is 1.50 bits per heavy atom. The predicted molar refractivity (Wildman–Crippen MR) is 153 cm³/mol. The van der Waals surface area contributed by atoms with Crippen LogP contribution in [0, 0.1) is 6.92 Å². The molecule has 0 saturated carbocycles. The zero-order valence-corrected chi connectivity index (χ0v) is 23.7. The standard InChI is InChI=1S/C29H34ClN3O4S/c1-21(2)31-29(35)27(18-23-10-6-5-7-11-23)32(19-24-16-14-22(3)15-17-24)28(34)20-33(38(4,36)37)26-13-9-8-12-25(26)30/h5-17,21,27H,18-20H2,1-4H3,(H,31,35). The molecule has 3 rings (SSSR count). The molecule has 0 aliphatic heterocycles. The maximum atomic E-state index is 14.0. The van der Waals surface area contributed by atoms with Crippen molar-refractivity contribution in [3.8, 4) is 0 Å². The van der Waals surface area contributed by atoms with Crippen molar-refractivity contribution in [3.05, 3.63) is 101 Å². The average Bonchev–Trinajstić information content (AvgIpc) is 2.85. The highest BCUT2D eigenvalue weighted by molar-refractivity contribution is 7.92. The molecular weight excluding hydrogens is 522 g/mol. The minimum atomic E-state index is -3.87. The second-order valence-electron chi connectivity index (χ2n) is 9.60. The summed E-state index contributed by atoms with van der Waals surface area (Å²) in [6.07, 6.45) is 1.29. The third-order valence-corrected chi connectivity index (χ3v) is 7.42. The number of carbonyl (C=O) groups is 2. The molecule has 0 spiro atoms. The maximum absolute atomic E-state index is 14.0. The third kappa shape index (κ3) is 8.07. The van der Waals surface area contributed by atoms with Crippen LogP contribution in [0.4, 0.5) is 5.69 Å². The summed E-state index contributed by atoms with van der Waals surface area (Å²) in [5.74, 6) is -0.830. The first-order valence-electron chi connectivity index (χ1n) is 12.4. The van der Waals surface area contributed by atoms with E-state index in [9.17, 15) is 18.0 Å². The first kappa shape index (κ1) is 29.2. The summed E-state index contributed by atoms with van der Waals surface area (Å²) in [5.41, 5.74) is 2.96. The molecule has 0 heterocycles. The van der Waals surface area contributed by atoms with Crippen molar-refractivity contribution in [3.63, 3.8) is 0 Å². The highest BCUT2D eigenvalue weighted by atomic mass is 35.5. The van der Waals surface area contributed by atoms with Gasteiger partial charge in [-0.15, -0.1) is 0 Å². The summed E-state index contributed by atoms with van der Waals surface area (Å²) in [6, 6.07) is 22.5. The number of halogens is 1. The van der Waals surface area contributed by atoms with E-state index in [4.69, 9.17) is 11.6 Å². The molecule has 0 saturated heterocycles. The molecule has 9 heteroatoms. The molecule has 0 radical (unpaired) electrons. The van der Waals surface area contributed by atoms with Crippen molar-refractivity contribution in [2.24, 2.45) is 0 Å². The molecule has 0 bridgehead atoms. The van der Waals surface area contributed by atoms with E-state index >= 15 is 0 Å². The molecule has 0 aliphatic rings. The summed E-state index contributed by atoms with van der Waals surface area (Å²) in [4.78, 5) is 28.9. The quantitative estimate of drug-likeness (QED) is 0.375. The lowest BCUT2D eigenvalue weighted by molar-refractivity contribution is -0.140. The van der Waals surface area contributed by atoms with Gasteiger partial charge < -0.3 is 10.2 Å². The molecule has 1 unspecified atom stereocenters. The highest BCUT2D eigenvalue weighted by Crippen LogP contribution is 2.27. The minimum absolute atomic E-state index is 0.127. The van der Waals surface area contributed by atoms with E-state index < -0.39 is 28.5 Å². The fourth-order valence-corrected chi connectivity index (χ4v) is 5.22. The van der Waals surface area contributed by atoms with Crippen LogP contribution in [-0.4, -0.2) is 50.0 Å². The average molecular weight is 556 g/mol. The Kier molecular flexibility index (Phi) is 9.94. The topological polar surface area (TPSA) is 86.8 Å². The molecule has 38 heavy (non-hydrogen) atoms. The fraction of sp³-hybridized carbons (Fsp3) is 0.310. The van der Waals surface area contributed by atoms with E-state index in [1.807, 2.05) is 75.4 Å². The maximum Gasteiger partial charge on any atom is 0.244 e. The monoisotopic (exact) mass is 555 g/mol. The van der Waals surface area contributed by atoms with Crippen molar-refractivity contribution in [1.29, 1.82) is 0 Å². The van der Waals surface area contributed by atoms with E-state index in [0.717, 1.165) is 27.3 Å². The zero-order chi connectivity index (χ0) is 27.9. The number of hydrogen-bond acceptors (Lipinski definition) is 4. The Bertz CT molecular complexity index is 1350. The minimum Gasteiger partial charge on any atom is -0.352 e. The Balaban J connectivity index is 2.06. The number of anilines is 1. The van der Waals surface area contributed by atoms with Crippen LogP contribution in [0.25, 0.3) is 0 Å².